The molecule has 4 nitrogen and oxygen atoms in total. The minimum Gasteiger partial charge on any atom is -0.378 e. The molecule has 1 aromatic rings. The molecule has 3 rings (SSSR count). The molecule has 0 aromatic heterocycles. The van der Waals surface area contributed by atoms with Gasteiger partial charge in [-0.25, -0.2) is 0 Å². The number of ether oxygens (including phenoxy) is 1. The van der Waals surface area contributed by atoms with Crippen molar-refractivity contribution in [1.29, 1.82) is 0 Å². The topological polar surface area (TPSA) is 58.6 Å². The van der Waals surface area contributed by atoms with Gasteiger partial charge in [0.15, 0.2) is 5.60 Å². The maximum absolute atomic E-state index is 12.0. The molecule has 96 valence electrons. The van der Waals surface area contributed by atoms with Gasteiger partial charge in [0.1, 0.15) is 0 Å². The van der Waals surface area contributed by atoms with Crippen LogP contribution >= 0.6 is 0 Å². The van der Waals surface area contributed by atoms with Crippen molar-refractivity contribution in [3.05, 3.63) is 29.8 Å². The molecule has 18 heavy (non-hydrogen) atoms. The molecular formula is C14H17NO3. The Hall–Kier alpha value is -1.39. The zero-order valence-electron chi connectivity index (χ0n) is 10.2. The van der Waals surface area contributed by atoms with Crippen LogP contribution in [-0.4, -0.2) is 23.7 Å². The zero-order chi connectivity index (χ0) is 12.6. The maximum atomic E-state index is 12.0. The van der Waals surface area contributed by atoms with Crippen LogP contribution in [0.5, 0.6) is 0 Å². The van der Waals surface area contributed by atoms with Crippen LogP contribution in [0.25, 0.3) is 0 Å². The largest absolute Gasteiger partial charge is 0.378 e. The van der Waals surface area contributed by atoms with E-state index in [0.717, 1.165) is 31.6 Å². The Morgan fingerprint density at radius 1 is 1.44 bits per heavy atom. The van der Waals surface area contributed by atoms with Gasteiger partial charge in [0.25, 0.3) is 5.91 Å². The third-order valence-electron chi connectivity index (χ3n) is 3.85. The Balaban J connectivity index is 1.78. The maximum Gasteiger partial charge on any atom is 0.261 e. The number of hydrogen-bond acceptors (Lipinski definition) is 3. The number of amides is 1. The minimum absolute atomic E-state index is 0.189. The van der Waals surface area contributed by atoms with Crippen LogP contribution in [0.3, 0.4) is 0 Å². The highest BCUT2D eigenvalue weighted by Gasteiger charge is 2.44. The van der Waals surface area contributed by atoms with Gasteiger partial charge in [0.2, 0.25) is 0 Å². The highest BCUT2D eigenvalue weighted by atomic mass is 16.5. The first-order valence-electron chi connectivity index (χ1n) is 6.45. The number of nitrogens with one attached hydrogen (secondary N) is 1. The normalized spacial score (nSPS) is 30.3. The van der Waals surface area contributed by atoms with Crippen LogP contribution in [0.15, 0.2) is 24.3 Å². The van der Waals surface area contributed by atoms with E-state index in [9.17, 15) is 9.90 Å². The fraction of sp³-hybridized carbons (Fsp3) is 0.500. The number of carbonyl (C=O) groups excluding carboxylic acids is 1. The number of aliphatic hydroxyl groups is 1. The van der Waals surface area contributed by atoms with Crippen molar-refractivity contribution in [3.63, 3.8) is 0 Å². The number of rotatable bonds is 3. The number of fused-ring (bicyclic) bond motifs is 1. The first-order chi connectivity index (χ1) is 8.70. The molecule has 2 heterocycles. The molecule has 1 amide bonds. The summed E-state index contributed by atoms with van der Waals surface area (Å²) in [5, 5.41) is 13.3. The van der Waals surface area contributed by atoms with E-state index in [1.165, 1.54) is 0 Å². The number of hydrogen-bond donors (Lipinski definition) is 2. The predicted molar refractivity (Wildman–Crippen MR) is 67.2 cm³/mol. The first-order valence-corrected chi connectivity index (χ1v) is 6.45. The second kappa shape index (κ2) is 4.37. The van der Waals surface area contributed by atoms with Crippen LogP contribution in [0, 0.1) is 0 Å². The lowest BCUT2D eigenvalue weighted by Gasteiger charge is -2.22. The summed E-state index contributed by atoms with van der Waals surface area (Å²) in [6, 6.07) is 7.32. The fourth-order valence-corrected chi connectivity index (χ4v) is 2.79. The quantitative estimate of drug-likeness (QED) is 0.856. The predicted octanol–water partition coefficient (Wildman–Crippen LogP) is 1.79. The summed E-state index contributed by atoms with van der Waals surface area (Å²) < 4.78 is 5.54. The van der Waals surface area contributed by atoms with Gasteiger partial charge >= 0.3 is 0 Å². The lowest BCUT2D eigenvalue weighted by Crippen LogP contribution is -2.35. The first kappa shape index (κ1) is 11.7. The van der Waals surface area contributed by atoms with Crippen LogP contribution in [-0.2, 0) is 15.1 Å². The van der Waals surface area contributed by atoms with E-state index < -0.39 is 5.60 Å². The molecular weight excluding hydrogens is 230 g/mol. The number of anilines is 1. The summed E-state index contributed by atoms with van der Waals surface area (Å²) in [7, 11) is 0. The van der Waals surface area contributed by atoms with Crippen LogP contribution < -0.4 is 5.32 Å². The van der Waals surface area contributed by atoms with Gasteiger partial charge < -0.3 is 15.2 Å². The molecule has 1 aromatic carbocycles. The van der Waals surface area contributed by atoms with Crippen molar-refractivity contribution >= 4 is 11.6 Å². The molecule has 2 aliphatic rings. The second-order valence-corrected chi connectivity index (χ2v) is 5.03. The third kappa shape index (κ3) is 1.82. The molecule has 0 aliphatic carbocycles. The van der Waals surface area contributed by atoms with Crippen LogP contribution in [0.1, 0.15) is 31.2 Å². The molecule has 0 bridgehead atoms. The standard InChI is InChI=1S/C14H17NO3/c16-13-14(17,8-7-10-4-3-9-18-10)11-5-1-2-6-12(11)15-13/h1-2,5-6,10,17H,3-4,7-9H2,(H,15,16). The highest BCUT2D eigenvalue weighted by Crippen LogP contribution is 2.39. The summed E-state index contributed by atoms with van der Waals surface area (Å²) in [4.78, 5) is 12.0. The fourth-order valence-electron chi connectivity index (χ4n) is 2.79. The highest BCUT2D eigenvalue weighted by molar-refractivity contribution is 6.04. The smallest absolute Gasteiger partial charge is 0.261 e. The molecule has 0 radical (unpaired) electrons. The monoisotopic (exact) mass is 247 g/mol. The average molecular weight is 247 g/mol. The Morgan fingerprint density at radius 2 is 2.28 bits per heavy atom. The van der Waals surface area contributed by atoms with Crippen molar-refractivity contribution < 1.29 is 14.6 Å². The number of para-hydroxylation sites is 1. The van der Waals surface area contributed by atoms with Crippen molar-refractivity contribution in [1.82, 2.24) is 0 Å². The van der Waals surface area contributed by atoms with Crippen LogP contribution in [0.4, 0.5) is 5.69 Å². The second-order valence-electron chi connectivity index (χ2n) is 5.03. The van der Waals surface area contributed by atoms with Crippen LogP contribution in [0.2, 0.25) is 0 Å². The van der Waals surface area contributed by atoms with Gasteiger partial charge in [0.05, 0.1) is 6.10 Å². The molecule has 2 aliphatic heterocycles. The van der Waals surface area contributed by atoms with E-state index in [0.29, 0.717) is 12.0 Å². The van der Waals surface area contributed by atoms with E-state index in [4.69, 9.17) is 4.74 Å². The molecule has 0 saturated carbocycles. The summed E-state index contributed by atoms with van der Waals surface area (Å²) >= 11 is 0. The summed E-state index contributed by atoms with van der Waals surface area (Å²) in [5.41, 5.74) is 0.0214. The minimum atomic E-state index is -1.39. The Kier molecular flexibility index (Phi) is 2.84. The van der Waals surface area contributed by atoms with Gasteiger partial charge in [-0.1, -0.05) is 18.2 Å². The van der Waals surface area contributed by atoms with E-state index in [1.54, 1.807) is 0 Å². The van der Waals surface area contributed by atoms with Crippen molar-refractivity contribution in [3.8, 4) is 0 Å². The average Bonchev–Trinajstić information content (AvgIpc) is 2.96. The lowest BCUT2D eigenvalue weighted by atomic mass is 9.89. The van der Waals surface area contributed by atoms with Crippen molar-refractivity contribution in [2.24, 2.45) is 0 Å². The van der Waals surface area contributed by atoms with Gasteiger partial charge in [-0.3, -0.25) is 4.79 Å². The summed E-state index contributed by atoms with van der Waals surface area (Å²) in [6.45, 7) is 0.797. The van der Waals surface area contributed by atoms with Crippen molar-refractivity contribution in [2.45, 2.75) is 37.4 Å². The molecule has 2 atom stereocenters. The SMILES string of the molecule is O=C1Nc2ccccc2C1(O)CCC1CCCO1. The van der Waals surface area contributed by atoms with Gasteiger partial charge in [-0.2, -0.15) is 0 Å². The van der Waals surface area contributed by atoms with Gasteiger partial charge in [-0.05, 0) is 31.7 Å². The third-order valence-corrected chi connectivity index (χ3v) is 3.85. The number of carbonyl (C=O) groups is 1. The van der Waals surface area contributed by atoms with Crippen molar-refractivity contribution in [2.75, 3.05) is 11.9 Å². The van der Waals surface area contributed by atoms with Gasteiger partial charge in [-0.15, -0.1) is 0 Å². The Labute approximate surface area is 106 Å². The Bertz CT molecular complexity index is 468. The van der Waals surface area contributed by atoms with E-state index >= 15 is 0 Å². The van der Waals surface area contributed by atoms with E-state index in [-0.39, 0.29) is 12.0 Å². The lowest BCUT2D eigenvalue weighted by molar-refractivity contribution is -0.135. The zero-order valence-corrected chi connectivity index (χ0v) is 10.2. The van der Waals surface area contributed by atoms with Gasteiger partial charge in [0, 0.05) is 17.9 Å². The molecule has 1 fully saturated rings. The molecule has 1 saturated heterocycles. The van der Waals surface area contributed by atoms with E-state index in [2.05, 4.69) is 5.32 Å². The summed E-state index contributed by atoms with van der Waals surface area (Å²) in [5.74, 6) is -0.318. The molecule has 4 heteroatoms. The molecule has 2 unspecified atom stereocenters. The molecule has 2 N–H and O–H groups in total. The summed E-state index contributed by atoms with van der Waals surface area (Å²) in [6.07, 6.45) is 3.43. The Morgan fingerprint density at radius 3 is 3.06 bits per heavy atom. The number of benzene rings is 1. The van der Waals surface area contributed by atoms with E-state index in [1.807, 2.05) is 24.3 Å². The molecule has 0 spiro atoms.